The van der Waals surface area contributed by atoms with Gasteiger partial charge in [-0.05, 0) is 42.3 Å². The number of aromatic hydroxyl groups is 1. The normalized spacial score (nSPS) is 11.1. The average Bonchev–Trinajstić information content (AvgIpc) is 2.62. The summed E-state index contributed by atoms with van der Waals surface area (Å²) in [7, 11) is -1.84. The van der Waals surface area contributed by atoms with Gasteiger partial charge >= 0.3 is 0 Å². The van der Waals surface area contributed by atoms with Gasteiger partial charge in [-0.3, -0.25) is 4.79 Å². The van der Waals surface area contributed by atoms with Crippen LogP contribution in [0.1, 0.15) is 18.9 Å². The van der Waals surface area contributed by atoms with Crippen molar-refractivity contribution in [3.63, 3.8) is 0 Å². The van der Waals surface area contributed by atoms with E-state index in [2.05, 4.69) is 5.32 Å². The summed E-state index contributed by atoms with van der Waals surface area (Å²) in [5, 5.41) is 12.4. The summed E-state index contributed by atoms with van der Waals surface area (Å²) in [6.07, 6.45) is 0.689. The molecular formula is C18H21NO5S. The first-order valence-corrected chi connectivity index (χ1v) is 9.49. The van der Waals surface area contributed by atoms with Crippen LogP contribution >= 0.6 is 0 Å². The first-order chi connectivity index (χ1) is 11.9. The highest BCUT2D eigenvalue weighted by molar-refractivity contribution is 7.91. The van der Waals surface area contributed by atoms with Crippen LogP contribution in [-0.4, -0.2) is 32.3 Å². The summed E-state index contributed by atoms with van der Waals surface area (Å²) in [4.78, 5) is 12.2. The molecule has 0 saturated heterocycles. The molecule has 0 aliphatic carbocycles. The van der Waals surface area contributed by atoms with E-state index in [1.807, 2.05) is 24.3 Å². The Labute approximate surface area is 147 Å². The van der Waals surface area contributed by atoms with Gasteiger partial charge in [0.2, 0.25) is 5.91 Å². The summed E-state index contributed by atoms with van der Waals surface area (Å²) in [5.74, 6) is 0.169. The van der Waals surface area contributed by atoms with Crippen molar-refractivity contribution in [1.29, 1.82) is 0 Å². The van der Waals surface area contributed by atoms with E-state index in [4.69, 9.17) is 4.74 Å². The lowest BCUT2D eigenvalue weighted by molar-refractivity contribution is -0.116. The molecule has 25 heavy (non-hydrogen) atoms. The standard InChI is InChI=1S/C18H21NO5S/c1-3-25(22,23)15-8-9-17(20)16(12-15)19-18(21)10-7-13-5-4-6-14(11-13)24-2/h4-6,8-9,11-12,20H,3,7,10H2,1-2H3,(H,19,21). The SMILES string of the molecule is CCS(=O)(=O)c1ccc(O)c(NC(=O)CCc2cccc(OC)c2)c1. The summed E-state index contributed by atoms with van der Waals surface area (Å²) < 4.78 is 29.0. The molecule has 0 unspecified atom stereocenters. The largest absolute Gasteiger partial charge is 0.506 e. The topological polar surface area (TPSA) is 92.7 Å². The number of hydrogen-bond donors (Lipinski definition) is 2. The lowest BCUT2D eigenvalue weighted by atomic mass is 10.1. The smallest absolute Gasteiger partial charge is 0.224 e. The molecule has 6 nitrogen and oxygen atoms in total. The van der Waals surface area contributed by atoms with Gasteiger partial charge in [0.25, 0.3) is 0 Å². The van der Waals surface area contributed by atoms with Crippen LogP contribution in [-0.2, 0) is 21.1 Å². The van der Waals surface area contributed by atoms with Crippen LogP contribution in [0.25, 0.3) is 0 Å². The third kappa shape index (κ3) is 4.96. The number of methoxy groups -OCH3 is 1. The van der Waals surface area contributed by atoms with Crippen molar-refractivity contribution in [2.75, 3.05) is 18.2 Å². The number of nitrogens with one attached hydrogen (secondary N) is 1. The number of carbonyl (C=O) groups excluding carboxylic acids is 1. The number of aryl methyl sites for hydroxylation is 1. The Bertz CT molecular complexity index is 862. The Hall–Kier alpha value is -2.54. The summed E-state index contributed by atoms with van der Waals surface area (Å²) in [5.41, 5.74) is 1.03. The van der Waals surface area contributed by atoms with E-state index in [0.717, 1.165) is 5.56 Å². The monoisotopic (exact) mass is 363 g/mol. The van der Waals surface area contributed by atoms with Crippen LogP contribution in [0.5, 0.6) is 11.5 Å². The maximum Gasteiger partial charge on any atom is 0.224 e. The average molecular weight is 363 g/mol. The van der Waals surface area contributed by atoms with E-state index in [1.165, 1.54) is 25.1 Å². The zero-order valence-corrected chi connectivity index (χ0v) is 15.0. The van der Waals surface area contributed by atoms with Crippen molar-refractivity contribution < 1.29 is 23.1 Å². The van der Waals surface area contributed by atoms with E-state index < -0.39 is 9.84 Å². The lowest BCUT2D eigenvalue weighted by Gasteiger charge is -2.10. The minimum atomic E-state index is -3.41. The molecule has 0 aliphatic rings. The van der Waals surface area contributed by atoms with Crippen molar-refractivity contribution in [2.24, 2.45) is 0 Å². The molecule has 0 fully saturated rings. The van der Waals surface area contributed by atoms with Gasteiger partial charge in [-0.2, -0.15) is 0 Å². The number of rotatable bonds is 7. The second kappa shape index (κ2) is 8.02. The predicted octanol–water partition coefficient (Wildman–Crippen LogP) is 2.77. The number of hydrogen-bond acceptors (Lipinski definition) is 5. The second-order valence-corrected chi connectivity index (χ2v) is 7.76. The third-order valence-electron chi connectivity index (χ3n) is 3.76. The van der Waals surface area contributed by atoms with E-state index in [0.29, 0.717) is 12.2 Å². The molecular weight excluding hydrogens is 342 g/mol. The number of amides is 1. The highest BCUT2D eigenvalue weighted by Crippen LogP contribution is 2.27. The van der Waals surface area contributed by atoms with Gasteiger partial charge in [-0.15, -0.1) is 0 Å². The number of ether oxygens (including phenoxy) is 1. The van der Waals surface area contributed by atoms with Crippen molar-refractivity contribution in [3.8, 4) is 11.5 Å². The quantitative estimate of drug-likeness (QED) is 0.738. The van der Waals surface area contributed by atoms with Gasteiger partial charge in [-0.25, -0.2) is 8.42 Å². The summed E-state index contributed by atoms with van der Waals surface area (Å²) >= 11 is 0. The Morgan fingerprint density at radius 1 is 1.20 bits per heavy atom. The van der Waals surface area contributed by atoms with Crippen molar-refractivity contribution in [3.05, 3.63) is 48.0 Å². The molecule has 2 rings (SSSR count). The van der Waals surface area contributed by atoms with Gasteiger partial charge in [0.1, 0.15) is 11.5 Å². The highest BCUT2D eigenvalue weighted by Gasteiger charge is 2.15. The highest BCUT2D eigenvalue weighted by atomic mass is 32.2. The number of anilines is 1. The third-order valence-corrected chi connectivity index (χ3v) is 5.49. The number of phenols is 1. The molecule has 134 valence electrons. The molecule has 0 radical (unpaired) electrons. The fourth-order valence-corrected chi connectivity index (χ4v) is 3.18. The first-order valence-electron chi connectivity index (χ1n) is 7.84. The van der Waals surface area contributed by atoms with Gasteiger partial charge in [0.15, 0.2) is 9.84 Å². The molecule has 2 aromatic carbocycles. The molecule has 0 aliphatic heterocycles. The molecule has 0 saturated carbocycles. The fraction of sp³-hybridized carbons (Fsp3) is 0.278. The van der Waals surface area contributed by atoms with Gasteiger partial charge in [0, 0.05) is 6.42 Å². The maximum atomic E-state index is 12.1. The molecule has 0 heterocycles. The number of benzene rings is 2. The van der Waals surface area contributed by atoms with E-state index in [1.54, 1.807) is 7.11 Å². The summed E-state index contributed by atoms with van der Waals surface area (Å²) in [6.45, 7) is 1.54. The minimum absolute atomic E-state index is 0.0546. The summed E-state index contributed by atoms with van der Waals surface area (Å²) in [6, 6.07) is 11.3. The molecule has 7 heteroatoms. The molecule has 2 N–H and O–H groups in total. The fourth-order valence-electron chi connectivity index (χ4n) is 2.27. The second-order valence-electron chi connectivity index (χ2n) is 5.48. The van der Waals surface area contributed by atoms with Crippen LogP contribution in [0.15, 0.2) is 47.4 Å². The number of carbonyl (C=O) groups is 1. The minimum Gasteiger partial charge on any atom is -0.506 e. The molecule has 0 aromatic heterocycles. The number of phenolic OH excluding ortho intramolecular Hbond substituents is 1. The maximum absolute atomic E-state index is 12.1. The van der Waals surface area contributed by atoms with Crippen molar-refractivity contribution in [2.45, 2.75) is 24.7 Å². The molecule has 1 amide bonds. The predicted molar refractivity (Wildman–Crippen MR) is 95.8 cm³/mol. The number of sulfone groups is 1. The Kier molecular flexibility index (Phi) is 6.03. The van der Waals surface area contributed by atoms with Gasteiger partial charge < -0.3 is 15.2 Å². The Morgan fingerprint density at radius 2 is 1.96 bits per heavy atom. The van der Waals surface area contributed by atoms with E-state index in [9.17, 15) is 18.3 Å². The lowest BCUT2D eigenvalue weighted by Crippen LogP contribution is -2.13. The van der Waals surface area contributed by atoms with Gasteiger partial charge in [0.05, 0.1) is 23.4 Å². The van der Waals surface area contributed by atoms with Crippen molar-refractivity contribution in [1.82, 2.24) is 0 Å². The molecule has 0 bridgehead atoms. The van der Waals surface area contributed by atoms with E-state index in [-0.39, 0.29) is 34.4 Å². The molecule has 0 spiro atoms. The van der Waals surface area contributed by atoms with Crippen LogP contribution in [0.2, 0.25) is 0 Å². The Morgan fingerprint density at radius 3 is 2.64 bits per heavy atom. The molecule has 0 atom stereocenters. The van der Waals surface area contributed by atoms with Gasteiger partial charge in [-0.1, -0.05) is 19.1 Å². The Balaban J connectivity index is 2.06. The molecule has 2 aromatic rings. The van der Waals surface area contributed by atoms with E-state index >= 15 is 0 Å². The zero-order chi connectivity index (χ0) is 18.4. The van der Waals surface area contributed by atoms with Crippen molar-refractivity contribution >= 4 is 21.4 Å². The van der Waals surface area contributed by atoms with Crippen LogP contribution < -0.4 is 10.1 Å². The van der Waals surface area contributed by atoms with Crippen LogP contribution in [0.4, 0.5) is 5.69 Å². The zero-order valence-electron chi connectivity index (χ0n) is 14.2. The van der Waals surface area contributed by atoms with Crippen LogP contribution in [0, 0.1) is 0 Å². The first kappa shape index (κ1) is 18.8. The van der Waals surface area contributed by atoms with Crippen LogP contribution in [0.3, 0.4) is 0 Å².